The van der Waals surface area contributed by atoms with Crippen molar-refractivity contribution < 1.29 is 10.2 Å². The van der Waals surface area contributed by atoms with Crippen LogP contribution in [0.3, 0.4) is 0 Å². The lowest BCUT2D eigenvalue weighted by Crippen LogP contribution is -2.62. The first-order valence-corrected chi connectivity index (χ1v) is 12.1. The molecule has 8 atom stereocenters. The van der Waals surface area contributed by atoms with Gasteiger partial charge in [0.25, 0.3) is 0 Å². The molecule has 2 N–H and O–H groups in total. The van der Waals surface area contributed by atoms with Gasteiger partial charge in [0.1, 0.15) is 0 Å². The van der Waals surface area contributed by atoms with Gasteiger partial charge in [0.2, 0.25) is 0 Å². The number of nitrogens with zero attached hydrogens (tertiary/aromatic N) is 3. The summed E-state index contributed by atoms with van der Waals surface area (Å²) in [6.45, 7) is 5.48. The van der Waals surface area contributed by atoms with E-state index in [1.165, 1.54) is 6.42 Å². The molecular weight excluding hydrogens is 374 g/mol. The Morgan fingerprint density at radius 1 is 1.13 bits per heavy atom. The van der Waals surface area contributed by atoms with Gasteiger partial charge in [0, 0.05) is 24.1 Å². The van der Waals surface area contributed by atoms with E-state index in [4.69, 9.17) is 10.2 Å². The number of hydrogen-bond acceptors (Lipinski definition) is 4. The van der Waals surface area contributed by atoms with Crippen LogP contribution >= 0.6 is 0 Å². The Morgan fingerprint density at radius 2 is 1.97 bits per heavy atom. The molecule has 4 saturated carbocycles. The zero-order valence-electron chi connectivity index (χ0n) is 18.6. The van der Waals surface area contributed by atoms with Crippen LogP contribution in [0.1, 0.15) is 89.7 Å². The Kier molecular flexibility index (Phi) is 4.83. The molecule has 0 aliphatic heterocycles. The van der Waals surface area contributed by atoms with Crippen LogP contribution in [0.25, 0.3) is 0 Å². The van der Waals surface area contributed by atoms with E-state index in [2.05, 4.69) is 26.1 Å². The Labute approximate surface area is 180 Å². The Bertz CT molecular complexity index is 846. The van der Waals surface area contributed by atoms with Crippen molar-refractivity contribution in [3.05, 3.63) is 18.2 Å². The SMILES string of the molecule is C[C@]12CC[C@H](O)C[C@H]1CCC1C2CC[C@]2(C)[C@@H](c3cn(CCC#N)cn3)CC[C@]12O. The molecule has 164 valence electrons. The van der Waals surface area contributed by atoms with Crippen LogP contribution in [0.5, 0.6) is 0 Å². The van der Waals surface area contributed by atoms with Gasteiger partial charge < -0.3 is 14.8 Å². The molecule has 1 aromatic rings. The van der Waals surface area contributed by atoms with Gasteiger partial charge in [0.15, 0.2) is 0 Å². The first kappa shape index (κ1) is 20.5. The number of aromatic nitrogens is 2. The molecular formula is C25H37N3O2. The van der Waals surface area contributed by atoms with Crippen LogP contribution < -0.4 is 0 Å². The quantitative estimate of drug-likeness (QED) is 0.772. The van der Waals surface area contributed by atoms with Crippen molar-refractivity contribution >= 4 is 0 Å². The highest BCUT2D eigenvalue weighted by Crippen LogP contribution is 2.70. The zero-order chi connectivity index (χ0) is 21.1. The lowest BCUT2D eigenvalue weighted by Gasteiger charge is -2.63. The molecule has 0 spiro atoms. The summed E-state index contributed by atoms with van der Waals surface area (Å²) in [5.74, 6) is 1.86. The van der Waals surface area contributed by atoms with Gasteiger partial charge in [0.05, 0.1) is 36.2 Å². The van der Waals surface area contributed by atoms with E-state index in [9.17, 15) is 10.2 Å². The van der Waals surface area contributed by atoms with Gasteiger partial charge >= 0.3 is 0 Å². The van der Waals surface area contributed by atoms with Crippen molar-refractivity contribution in [3.63, 3.8) is 0 Å². The highest BCUT2D eigenvalue weighted by Gasteiger charge is 2.67. The van der Waals surface area contributed by atoms with Crippen molar-refractivity contribution in [2.75, 3.05) is 0 Å². The number of hydrogen-bond donors (Lipinski definition) is 2. The molecule has 0 amide bonds. The molecule has 0 saturated heterocycles. The maximum absolute atomic E-state index is 12.3. The summed E-state index contributed by atoms with van der Waals surface area (Å²) >= 11 is 0. The summed E-state index contributed by atoms with van der Waals surface area (Å²) in [6.07, 6.45) is 13.7. The minimum absolute atomic E-state index is 0.122. The van der Waals surface area contributed by atoms with Crippen LogP contribution in [-0.4, -0.2) is 31.5 Å². The van der Waals surface area contributed by atoms with Gasteiger partial charge in [-0.15, -0.1) is 0 Å². The minimum Gasteiger partial charge on any atom is -0.393 e. The second-order valence-electron chi connectivity index (χ2n) is 11.3. The maximum atomic E-state index is 12.3. The van der Waals surface area contributed by atoms with Crippen LogP contribution in [-0.2, 0) is 6.54 Å². The standard InChI is InChI=1S/C25H37N3O2/c1-23-9-6-18(29)14-17(23)4-5-20-19(23)7-10-24(2)21(8-11-25(20,24)30)22-15-28(16-27-22)13-3-12-26/h15-21,29-30H,3-11,13-14H2,1-2H3/t17-,18+,19?,20?,21-,23+,24-,25+/m1/s1. The monoisotopic (exact) mass is 411 g/mol. The number of aliphatic hydroxyl groups is 2. The fourth-order valence-electron chi connectivity index (χ4n) is 8.54. The Morgan fingerprint density at radius 3 is 2.77 bits per heavy atom. The highest BCUT2D eigenvalue weighted by molar-refractivity contribution is 5.24. The Balaban J connectivity index is 1.42. The average Bonchev–Trinajstić information content (AvgIpc) is 3.29. The van der Waals surface area contributed by atoms with Crippen molar-refractivity contribution in [2.45, 2.75) is 102 Å². The van der Waals surface area contributed by atoms with Crippen molar-refractivity contribution in [3.8, 4) is 6.07 Å². The normalized spacial score (nSPS) is 47.8. The molecule has 30 heavy (non-hydrogen) atoms. The third-order valence-corrected chi connectivity index (χ3v) is 10.3. The van der Waals surface area contributed by atoms with E-state index in [0.717, 1.165) is 57.1 Å². The molecule has 5 heteroatoms. The van der Waals surface area contributed by atoms with Crippen molar-refractivity contribution in [1.29, 1.82) is 5.26 Å². The number of fused-ring (bicyclic) bond motifs is 5. The number of rotatable bonds is 3. The molecule has 5 nitrogen and oxygen atoms in total. The molecule has 0 radical (unpaired) electrons. The fraction of sp³-hybridized carbons (Fsp3) is 0.840. The minimum atomic E-state index is -0.610. The van der Waals surface area contributed by atoms with E-state index in [1.54, 1.807) is 0 Å². The average molecular weight is 412 g/mol. The predicted octanol–water partition coefficient (Wildman–Crippen LogP) is 4.40. The molecule has 5 rings (SSSR count). The summed E-state index contributed by atoms with van der Waals surface area (Å²) in [4.78, 5) is 4.72. The summed E-state index contributed by atoms with van der Waals surface area (Å²) in [5.41, 5.74) is 0.641. The highest BCUT2D eigenvalue weighted by atomic mass is 16.3. The van der Waals surface area contributed by atoms with E-state index in [-0.39, 0.29) is 16.9 Å². The van der Waals surface area contributed by atoms with E-state index >= 15 is 0 Å². The fourth-order valence-corrected chi connectivity index (χ4v) is 8.54. The third kappa shape index (κ3) is 2.76. The van der Waals surface area contributed by atoms with Gasteiger partial charge in [-0.3, -0.25) is 0 Å². The van der Waals surface area contributed by atoms with Crippen LogP contribution in [0.4, 0.5) is 0 Å². The Hall–Kier alpha value is -1.38. The van der Waals surface area contributed by atoms with Crippen LogP contribution in [0.2, 0.25) is 0 Å². The van der Waals surface area contributed by atoms with Crippen molar-refractivity contribution in [2.24, 2.45) is 28.6 Å². The second kappa shape index (κ2) is 7.07. The zero-order valence-corrected chi connectivity index (χ0v) is 18.6. The van der Waals surface area contributed by atoms with Gasteiger partial charge in [-0.05, 0) is 81.0 Å². The van der Waals surface area contributed by atoms with E-state index < -0.39 is 5.60 Å². The van der Waals surface area contributed by atoms with E-state index in [0.29, 0.717) is 36.6 Å². The van der Waals surface area contributed by atoms with Gasteiger partial charge in [-0.2, -0.15) is 5.26 Å². The number of imidazole rings is 1. The summed E-state index contributed by atoms with van der Waals surface area (Å²) in [6, 6.07) is 2.21. The third-order valence-electron chi connectivity index (χ3n) is 10.3. The molecule has 1 aromatic heterocycles. The van der Waals surface area contributed by atoms with E-state index in [1.807, 2.05) is 10.9 Å². The lowest BCUT2D eigenvalue weighted by molar-refractivity contribution is -0.205. The summed E-state index contributed by atoms with van der Waals surface area (Å²) in [5, 5.41) is 31.4. The molecule has 4 fully saturated rings. The smallest absolute Gasteiger partial charge is 0.0949 e. The van der Waals surface area contributed by atoms with Crippen LogP contribution in [0.15, 0.2) is 12.5 Å². The number of aliphatic hydroxyl groups excluding tert-OH is 1. The molecule has 0 aromatic carbocycles. The molecule has 0 bridgehead atoms. The summed E-state index contributed by atoms with van der Waals surface area (Å²) < 4.78 is 2.03. The topological polar surface area (TPSA) is 82.1 Å². The molecule has 1 heterocycles. The molecule has 4 aliphatic carbocycles. The van der Waals surface area contributed by atoms with Crippen molar-refractivity contribution in [1.82, 2.24) is 9.55 Å². The number of nitriles is 1. The van der Waals surface area contributed by atoms with Gasteiger partial charge in [-0.1, -0.05) is 13.8 Å². The molecule has 2 unspecified atom stereocenters. The van der Waals surface area contributed by atoms with Gasteiger partial charge in [-0.25, -0.2) is 4.98 Å². The molecule has 4 aliphatic rings. The largest absolute Gasteiger partial charge is 0.393 e. The second-order valence-corrected chi connectivity index (χ2v) is 11.3. The first-order valence-electron chi connectivity index (χ1n) is 12.1. The lowest BCUT2D eigenvalue weighted by atomic mass is 9.43. The number of aryl methyl sites for hydroxylation is 1. The summed E-state index contributed by atoms with van der Waals surface area (Å²) in [7, 11) is 0. The first-order chi connectivity index (χ1) is 14.3. The van der Waals surface area contributed by atoms with Crippen LogP contribution in [0, 0.1) is 39.9 Å². The maximum Gasteiger partial charge on any atom is 0.0949 e. The predicted molar refractivity (Wildman–Crippen MR) is 114 cm³/mol.